The number of ether oxygens (including phenoxy) is 2. The van der Waals surface area contributed by atoms with Crippen molar-refractivity contribution in [3.8, 4) is 5.75 Å². The quantitative estimate of drug-likeness (QED) is 0.821. The van der Waals surface area contributed by atoms with Gasteiger partial charge in [0.15, 0.2) is 0 Å². The van der Waals surface area contributed by atoms with Crippen LogP contribution in [0.2, 0.25) is 5.02 Å². The number of amides is 1. The van der Waals surface area contributed by atoms with Gasteiger partial charge in [-0.1, -0.05) is 11.6 Å². The molecule has 0 spiro atoms. The number of hydrogen-bond donors (Lipinski definition) is 1. The zero-order chi connectivity index (χ0) is 18.6. The normalized spacial score (nSPS) is 11.3. The molecular weight excluding hydrogens is 359 g/mol. The van der Waals surface area contributed by atoms with Gasteiger partial charge in [-0.25, -0.2) is 0 Å². The van der Waals surface area contributed by atoms with Gasteiger partial charge in [0.25, 0.3) is 5.91 Å². The van der Waals surface area contributed by atoms with Crippen LogP contribution in [0.25, 0.3) is 0 Å². The molecule has 2 rings (SSSR count). The summed E-state index contributed by atoms with van der Waals surface area (Å²) in [5.41, 5.74) is -0.151. The Balaban J connectivity index is 2.29. The summed E-state index contributed by atoms with van der Waals surface area (Å²) in [5, 5.41) is 2.40. The molecule has 134 valence electrons. The summed E-state index contributed by atoms with van der Waals surface area (Å²) in [6.45, 7) is 0.217. The molecular formula is C17H15ClF3NO3. The van der Waals surface area contributed by atoms with Crippen LogP contribution in [0.5, 0.6) is 5.75 Å². The van der Waals surface area contributed by atoms with Crippen molar-refractivity contribution in [1.82, 2.24) is 0 Å². The highest BCUT2D eigenvalue weighted by Gasteiger charge is 2.31. The summed E-state index contributed by atoms with van der Waals surface area (Å²) in [5.74, 6) is -0.0586. The molecule has 1 amide bonds. The van der Waals surface area contributed by atoms with E-state index in [0.717, 1.165) is 18.2 Å². The second-order valence-electron chi connectivity index (χ2n) is 5.11. The summed E-state index contributed by atoms with van der Waals surface area (Å²) in [6, 6.07) is 7.34. The maximum absolute atomic E-state index is 12.8. The number of carbonyl (C=O) groups excluding carboxylic acids is 1. The first kappa shape index (κ1) is 19.1. The second kappa shape index (κ2) is 7.76. The summed E-state index contributed by atoms with van der Waals surface area (Å²) in [4.78, 5) is 12.4. The minimum Gasteiger partial charge on any atom is -0.496 e. The Bertz CT molecular complexity index is 778. The van der Waals surface area contributed by atoms with E-state index in [9.17, 15) is 18.0 Å². The van der Waals surface area contributed by atoms with Crippen LogP contribution >= 0.6 is 11.6 Å². The van der Waals surface area contributed by atoms with Gasteiger partial charge in [0.1, 0.15) is 5.75 Å². The Hall–Kier alpha value is -2.25. The van der Waals surface area contributed by atoms with Crippen molar-refractivity contribution in [3.63, 3.8) is 0 Å². The Labute approximate surface area is 147 Å². The van der Waals surface area contributed by atoms with Crippen LogP contribution in [0.3, 0.4) is 0 Å². The van der Waals surface area contributed by atoms with Gasteiger partial charge in [0.05, 0.1) is 30.0 Å². The summed E-state index contributed by atoms with van der Waals surface area (Å²) in [7, 11) is 2.98. The van der Waals surface area contributed by atoms with Crippen molar-refractivity contribution in [2.24, 2.45) is 0 Å². The van der Waals surface area contributed by atoms with Gasteiger partial charge in [0.2, 0.25) is 0 Å². The van der Waals surface area contributed by atoms with Crippen molar-refractivity contribution in [2.75, 3.05) is 19.5 Å². The van der Waals surface area contributed by atoms with E-state index in [1.807, 2.05) is 0 Å². The highest BCUT2D eigenvalue weighted by Crippen LogP contribution is 2.34. The van der Waals surface area contributed by atoms with Gasteiger partial charge in [-0.15, -0.1) is 0 Å². The Morgan fingerprint density at radius 3 is 2.48 bits per heavy atom. The van der Waals surface area contributed by atoms with Gasteiger partial charge in [-0.05, 0) is 36.4 Å². The second-order valence-corrected chi connectivity index (χ2v) is 5.51. The highest BCUT2D eigenvalue weighted by molar-refractivity contribution is 6.34. The van der Waals surface area contributed by atoms with Crippen molar-refractivity contribution in [1.29, 1.82) is 0 Å². The van der Waals surface area contributed by atoms with Crippen molar-refractivity contribution < 1.29 is 27.4 Å². The van der Waals surface area contributed by atoms with Crippen LogP contribution in [-0.4, -0.2) is 20.1 Å². The number of rotatable bonds is 5. The highest BCUT2D eigenvalue weighted by atomic mass is 35.5. The first-order chi connectivity index (χ1) is 11.8. The first-order valence-electron chi connectivity index (χ1n) is 7.10. The van der Waals surface area contributed by atoms with Crippen molar-refractivity contribution in [3.05, 3.63) is 58.1 Å². The number of carbonyl (C=O) groups is 1. The lowest BCUT2D eigenvalue weighted by Gasteiger charge is -2.13. The molecule has 0 saturated carbocycles. The van der Waals surface area contributed by atoms with Crippen molar-refractivity contribution in [2.45, 2.75) is 12.8 Å². The number of methoxy groups -OCH3 is 2. The molecule has 1 N–H and O–H groups in total. The van der Waals surface area contributed by atoms with Gasteiger partial charge in [-0.3, -0.25) is 4.79 Å². The van der Waals surface area contributed by atoms with E-state index in [0.29, 0.717) is 11.3 Å². The molecule has 0 aromatic heterocycles. The molecule has 0 unspecified atom stereocenters. The third-order valence-electron chi connectivity index (χ3n) is 3.38. The molecule has 0 saturated heterocycles. The van der Waals surface area contributed by atoms with Crippen LogP contribution in [0.1, 0.15) is 21.5 Å². The smallest absolute Gasteiger partial charge is 0.416 e. The lowest BCUT2D eigenvalue weighted by molar-refractivity contribution is -0.137. The molecule has 0 heterocycles. The molecule has 2 aromatic rings. The molecule has 0 aliphatic rings. The number of hydrogen-bond acceptors (Lipinski definition) is 3. The summed E-state index contributed by atoms with van der Waals surface area (Å²) < 4.78 is 48.6. The number of anilines is 1. The summed E-state index contributed by atoms with van der Waals surface area (Å²) in [6.07, 6.45) is -4.53. The average molecular weight is 374 g/mol. The van der Waals surface area contributed by atoms with E-state index in [2.05, 4.69) is 5.32 Å². The lowest BCUT2D eigenvalue weighted by Crippen LogP contribution is -2.14. The Kier molecular flexibility index (Phi) is 5.92. The Morgan fingerprint density at radius 1 is 1.16 bits per heavy atom. The number of alkyl halides is 3. The van der Waals surface area contributed by atoms with E-state index in [-0.39, 0.29) is 22.9 Å². The Morgan fingerprint density at radius 2 is 1.88 bits per heavy atom. The van der Waals surface area contributed by atoms with Gasteiger partial charge < -0.3 is 14.8 Å². The molecule has 0 aliphatic carbocycles. The fourth-order valence-electron chi connectivity index (χ4n) is 2.18. The fourth-order valence-corrected chi connectivity index (χ4v) is 2.34. The van der Waals surface area contributed by atoms with E-state index < -0.39 is 17.6 Å². The van der Waals surface area contributed by atoms with E-state index >= 15 is 0 Å². The summed E-state index contributed by atoms with van der Waals surface area (Å²) >= 11 is 5.88. The minimum absolute atomic E-state index is 0.00646. The fraction of sp³-hybridized carbons (Fsp3) is 0.235. The number of benzene rings is 2. The van der Waals surface area contributed by atoms with Gasteiger partial charge in [0, 0.05) is 18.2 Å². The largest absolute Gasteiger partial charge is 0.496 e. The van der Waals surface area contributed by atoms with E-state index in [4.69, 9.17) is 21.1 Å². The molecule has 4 nitrogen and oxygen atoms in total. The monoisotopic (exact) mass is 373 g/mol. The van der Waals surface area contributed by atoms with Crippen LogP contribution in [-0.2, 0) is 17.5 Å². The molecule has 8 heteroatoms. The SMILES string of the molecule is COCc1cc(C(=O)Nc2cc(C(F)(F)F)ccc2Cl)ccc1OC. The van der Waals surface area contributed by atoms with Crippen molar-refractivity contribution >= 4 is 23.2 Å². The third kappa shape index (κ3) is 4.64. The molecule has 25 heavy (non-hydrogen) atoms. The molecule has 0 atom stereocenters. The third-order valence-corrected chi connectivity index (χ3v) is 3.71. The van der Waals surface area contributed by atoms with Crippen LogP contribution in [0.4, 0.5) is 18.9 Å². The van der Waals surface area contributed by atoms with Crippen LogP contribution < -0.4 is 10.1 Å². The predicted molar refractivity (Wildman–Crippen MR) is 88.1 cm³/mol. The first-order valence-corrected chi connectivity index (χ1v) is 7.48. The maximum Gasteiger partial charge on any atom is 0.416 e. The molecule has 0 radical (unpaired) electrons. The molecule has 0 aliphatic heterocycles. The standard InChI is InChI=1S/C17H15ClF3NO3/c1-24-9-11-7-10(3-6-15(11)25-2)16(23)22-14-8-12(17(19,20)21)4-5-13(14)18/h3-8H,9H2,1-2H3,(H,22,23). The zero-order valence-corrected chi connectivity index (χ0v) is 14.2. The number of nitrogens with one attached hydrogen (secondary N) is 1. The number of halogens is 4. The lowest BCUT2D eigenvalue weighted by atomic mass is 10.1. The maximum atomic E-state index is 12.8. The minimum atomic E-state index is -4.53. The average Bonchev–Trinajstić information content (AvgIpc) is 2.56. The molecule has 0 bridgehead atoms. The van der Waals surface area contributed by atoms with Crippen LogP contribution in [0, 0.1) is 0 Å². The molecule has 0 fully saturated rings. The van der Waals surface area contributed by atoms with Crippen LogP contribution in [0.15, 0.2) is 36.4 Å². The predicted octanol–water partition coefficient (Wildman–Crippen LogP) is 4.77. The van der Waals surface area contributed by atoms with Gasteiger partial charge in [-0.2, -0.15) is 13.2 Å². The topological polar surface area (TPSA) is 47.6 Å². The zero-order valence-electron chi connectivity index (χ0n) is 13.4. The van der Waals surface area contributed by atoms with E-state index in [1.165, 1.54) is 20.3 Å². The van der Waals surface area contributed by atoms with Gasteiger partial charge >= 0.3 is 6.18 Å². The van der Waals surface area contributed by atoms with E-state index in [1.54, 1.807) is 12.1 Å². The molecule has 2 aromatic carbocycles.